The summed E-state index contributed by atoms with van der Waals surface area (Å²) in [5, 5.41) is 31.3. The number of carbonyl (C=O) groups excluding carboxylic acids is 2. The lowest BCUT2D eigenvalue weighted by Crippen LogP contribution is -2.29. The number of aliphatic hydroxyl groups is 1. The molecular formula is C24H20N2O8. The van der Waals surface area contributed by atoms with E-state index >= 15 is 0 Å². The number of aliphatic imine (C=N–C) groups is 1. The van der Waals surface area contributed by atoms with Crippen LogP contribution in [0, 0.1) is 0 Å². The van der Waals surface area contributed by atoms with Crippen LogP contribution in [0.5, 0.6) is 0 Å². The Kier molecular flexibility index (Phi) is 7.22. The van der Waals surface area contributed by atoms with E-state index in [0.29, 0.717) is 16.8 Å². The van der Waals surface area contributed by atoms with Crippen LogP contribution in [-0.2, 0) is 36.8 Å². The topological polar surface area (TPSA) is 163 Å². The van der Waals surface area contributed by atoms with Gasteiger partial charge in [-0.15, -0.1) is 0 Å². The Balaban J connectivity index is 1.92. The summed E-state index contributed by atoms with van der Waals surface area (Å²) in [4.78, 5) is 51.0. The fourth-order valence-corrected chi connectivity index (χ4v) is 3.17. The predicted molar refractivity (Wildman–Crippen MR) is 121 cm³/mol. The molecule has 0 bridgehead atoms. The van der Waals surface area contributed by atoms with Gasteiger partial charge >= 0.3 is 17.9 Å². The molecule has 1 aliphatic carbocycles. The smallest absolute Gasteiger partial charge is 0.344 e. The van der Waals surface area contributed by atoms with Gasteiger partial charge in [-0.2, -0.15) is 0 Å². The molecule has 0 radical (unpaired) electrons. The largest absolute Gasteiger partial charge is 0.505 e. The van der Waals surface area contributed by atoms with Gasteiger partial charge in [0.1, 0.15) is 11.3 Å². The van der Waals surface area contributed by atoms with Crippen LogP contribution in [0.2, 0.25) is 0 Å². The number of methoxy groups -OCH3 is 1. The molecule has 0 heterocycles. The molecule has 0 unspecified atom stereocenters. The summed E-state index contributed by atoms with van der Waals surface area (Å²) in [5.41, 5.74) is 0.965. The number of esters is 1. The first-order valence-electron chi connectivity index (χ1n) is 9.93. The zero-order valence-electron chi connectivity index (χ0n) is 17.9. The highest BCUT2D eigenvalue weighted by Crippen LogP contribution is 2.26. The number of ether oxygens (including phenoxy) is 1. The lowest BCUT2D eigenvalue weighted by molar-refractivity contribution is -0.137. The molecule has 0 aliphatic heterocycles. The van der Waals surface area contributed by atoms with E-state index in [0.717, 1.165) is 13.2 Å². The fourth-order valence-electron chi connectivity index (χ4n) is 3.17. The minimum Gasteiger partial charge on any atom is -0.505 e. The number of carboxylic acids is 2. The molecule has 10 nitrogen and oxygen atoms in total. The second kappa shape index (κ2) is 10.3. The Morgan fingerprint density at radius 1 is 0.912 bits per heavy atom. The summed E-state index contributed by atoms with van der Waals surface area (Å²) in [6.45, 7) is 0. The number of anilines is 1. The summed E-state index contributed by atoms with van der Waals surface area (Å²) in [5.74, 6) is -4.17. The highest BCUT2D eigenvalue weighted by atomic mass is 16.5. The van der Waals surface area contributed by atoms with Crippen molar-refractivity contribution >= 4 is 40.8 Å². The van der Waals surface area contributed by atoms with E-state index < -0.39 is 35.0 Å². The Hall–Kier alpha value is -4.73. The van der Waals surface area contributed by atoms with Gasteiger partial charge in [-0.3, -0.25) is 14.4 Å². The maximum Gasteiger partial charge on any atom is 0.344 e. The summed E-state index contributed by atoms with van der Waals surface area (Å²) in [6, 6.07) is 12.3. The normalized spacial score (nSPS) is 14.6. The average molecular weight is 464 g/mol. The van der Waals surface area contributed by atoms with Crippen molar-refractivity contribution < 1.29 is 39.2 Å². The van der Waals surface area contributed by atoms with Gasteiger partial charge in [-0.25, -0.2) is 9.79 Å². The number of benzene rings is 2. The molecule has 0 aromatic heterocycles. The maximum atomic E-state index is 12.8. The van der Waals surface area contributed by atoms with Crippen molar-refractivity contribution in [1.29, 1.82) is 0 Å². The van der Waals surface area contributed by atoms with Crippen molar-refractivity contribution in [3.05, 3.63) is 82.8 Å². The van der Waals surface area contributed by atoms with Crippen molar-refractivity contribution in [3.8, 4) is 0 Å². The third-order valence-corrected chi connectivity index (χ3v) is 4.75. The number of hydrogen-bond donors (Lipinski definition) is 4. The van der Waals surface area contributed by atoms with Crippen LogP contribution >= 0.6 is 0 Å². The molecule has 1 aliphatic rings. The molecule has 2 aromatic carbocycles. The van der Waals surface area contributed by atoms with E-state index in [-0.39, 0.29) is 29.9 Å². The highest BCUT2D eigenvalue weighted by Gasteiger charge is 2.33. The molecule has 10 heteroatoms. The standard InChI is InChI=1S/C24H20N2O8/c1-34-24(33)21-22(26-16-8-4-14(5-9-16)11-20(30)31)18(27)12-17(23(21)32)25-15-6-2-13(3-7-15)10-19(28)29/h2-9,12,25,32H,10-11H2,1H3,(H,28,29)(H,30,31). The fraction of sp³-hybridized carbons (Fsp3) is 0.125. The first-order valence-corrected chi connectivity index (χ1v) is 9.93. The summed E-state index contributed by atoms with van der Waals surface area (Å²) < 4.78 is 4.72. The third-order valence-electron chi connectivity index (χ3n) is 4.75. The maximum absolute atomic E-state index is 12.8. The minimum atomic E-state index is -0.996. The van der Waals surface area contributed by atoms with E-state index in [1.165, 1.54) is 24.3 Å². The van der Waals surface area contributed by atoms with Gasteiger partial charge < -0.3 is 25.4 Å². The van der Waals surface area contributed by atoms with Gasteiger partial charge in [-0.1, -0.05) is 24.3 Å². The van der Waals surface area contributed by atoms with Crippen molar-refractivity contribution in [2.75, 3.05) is 12.4 Å². The lowest BCUT2D eigenvalue weighted by atomic mass is 9.97. The van der Waals surface area contributed by atoms with Gasteiger partial charge in [0, 0.05) is 11.8 Å². The second-order valence-corrected chi connectivity index (χ2v) is 7.23. The number of allylic oxidation sites excluding steroid dienone is 1. The zero-order chi connectivity index (χ0) is 24.8. The van der Waals surface area contributed by atoms with E-state index in [2.05, 4.69) is 10.3 Å². The molecule has 0 fully saturated rings. The number of aliphatic hydroxyl groups excluding tert-OH is 1. The molecule has 0 saturated heterocycles. The molecule has 0 atom stereocenters. The average Bonchev–Trinajstić information content (AvgIpc) is 2.78. The predicted octanol–water partition coefficient (Wildman–Crippen LogP) is 2.58. The van der Waals surface area contributed by atoms with Crippen LogP contribution in [0.1, 0.15) is 11.1 Å². The van der Waals surface area contributed by atoms with Crippen LogP contribution in [-0.4, -0.2) is 51.8 Å². The number of ketones is 1. The molecule has 4 N–H and O–H groups in total. The van der Waals surface area contributed by atoms with Crippen LogP contribution < -0.4 is 5.32 Å². The monoisotopic (exact) mass is 464 g/mol. The van der Waals surface area contributed by atoms with E-state index in [1.54, 1.807) is 24.3 Å². The van der Waals surface area contributed by atoms with Gasteiger partial charge in [-0.05, 0) is 35.4 Å². The zero-order valence-corrected chi connectivity index (χ0v) is 17.9. The number of rotatable bonds is 8. The van der Waals surface area contributed by atoms with E-state index in [9.17, 15) is 24.3 Å². The van der Waals surface area contributed by atoms with Gasteiger partial charge in [0.25, 0.3) is 0 Å². The van der Waals surface area contributed by atoms with Gasteiger partial charge in [0.2, 0.25) is 5.78 Å². The minimum absolute atomic E-state index is 0.0628. The molecular weight excluding hydrogens is 444 g/mol. The number of nitrogens with one attached hydrogen (secondary N) is 1. The Labute approximate surface area is 193 Å². The first kappa shape index (κ1) is 23.9. The van der Waals surface area contributed by atoms with Crippen molar-refractivity contribution in [1.82, 2.24) is 0 Å². The van der Waals surface area contributed by atoms with Crippen molar-refractivity contribution in [2.45, 2.75) is 12.8 Å². The highest BCUT2D eigenvalue weighted by molar-refractivity contribution is 6.56. The summed E-state index contributed by atoms with van der Waals surface area (Å²) in [7, 11) is 1.10. The number of hydrogen-bond acceptors (Lipinski definition) is 8. The third kappa shape index (κ3) is 5.74. The first-order chi connectivity index (χ1) is 16.2. The SMILES string of the molecule is COC(=O)C1=C(O)C(Nc2ccc(CC(=O)O)cc2)=CC(=O)C1=Nc1ccc(CC(=O)O)cc1. The quantitative estimate of drug-likeness (QED) is 0.340. The molecule has 2 aromatic rings. The molecule has 3 rings (SSSR count). The van der Waals surface area contributed by atoms with Crippen LogP contribution in [0.25, 0.3) is 0 Å². The molecule has 34 heavy (non-hydrogen) atoms. The van der Waals surface area contributed by atoms with Crippen LogP contribution in [0.15, 0.2) is 76.6 Å². The molecule has 0 amide bonds. The Morgan fingerprint density at radius 3 is 1.94 bits per heavy atom. The number of nitrogens with zero attached hydrogens (tertiary/aromatic N) is 1. The molecule has 0 saturated carbocycles. The summed E-state index contributed by atoms with van der Waals surface area (Å²) >= 11 is 0. The van der Waals surface area contributed by atoms with Crippen molar-refractivity contribution in [2.24, 2.45) is 4.99 Å². The van der Waals surface area contributed by atoms with E-state index in [1.807, 2.05) is 0 Å². The molecule has 174 valence electrons. The Morgan fingerprint density at radius 2 is 1.44 bits per heavy atom. The van der Waals surface area contributed by atoms with Crippen molar-refractivity contribution in [3.63, 3.8) is 0 Å². The van der Waals surface area contributed by atoms with Crippen LogP contribution in [0.4, 0.5) is 11.4 Å². The Bertz CT molecular complexity index is 1240. The van der Waals surface area contributed by atoms with Crippen LogP contribution in [0.3, 0.4) is 0 Å². The second-order valence-electron chi connectivity index (χ2n) is 7.23. The lowest BCUT2D eigenvalue weighted by Gasteiger charge is -2.19. The molecule has 0 spiro atoms. The number of carboxylic acid groups (broad SMARTS) is 2. The number of aliphatic carboxylic acids is 2. The van der Waals surface area contributed by atoms with Gasteiger partial charge in [0.15, 0.2) is 5.76 Å². The van der Waals surface area contributed by atoms with E-state index in [4.69, 9.17) is 14.9 Å². The van der Waals surface area contributed by atoms with Gasteiger partial charge in [0.05, 0.1) is 31.3 Å². The summed E-state index contributed by atoms with van der Waals surface area (Å²) in [6.07, 6.45) is 0.736. The number of carbonyl (C=O) groups is 4.